The van der Waals surface area contributed by atoms with Gasteiger partial charge in [0.2, 0.25) is 0 Å². The zero-order valence-electron chi connectivity index (χ0n) is 12.5. The maximum Gasteiger partial charge on any atom is 0.290 e. The van der Waals surface area contributed by atoms with Gasteiger partial charge in [-0.15, -0.1) is 0 Å². The molecule has 0 saturated carbocycles. The number of nitrogens with zero attached hydrogens (tertiary/aromatic N) is 3. The van der Waals surface area contributed by atoms with E-state index in [9.17, 15) is 4.79 Å². The van der Waals surface area contributed by atoms with E-state index in [2.05, 4.69) is 4.98 Å². The lowest BCUT2D eigenvalue weighted by atomic mass is 10.2. The number of amides is 1. The molecule has 1 aromatic heterocycles. The number of imidazole rings is 1. The molecule has 0 spiro atoms. The van der Waals surface area contributed by atoms with Gasteiger partial charge in [0, 0.05) is 26.0 Å². The molecule has 1 unspecified atom stereocenters. The summed E-state index contributed by atoms with van der Waals surface area (Å²) in [6.07, 6.45) is 3.27. The van der Waals surface area contributed by atoms with Gasteiger partial charge in [0.05, 0.1) is 13.2 Å². The number of hydrogen-bond donors (Lipinski definition) is 0. The highest BCUT2D eigenvalue weighted by Gasteiger charge is 2.27. The lowest BCUT2D eigenvalue weighted by Gasteiger charge is -2.32. The molecular weight excluding hydrogens is 282 g/mol. The van der Waals surface area contributed by atoms with Crippen molar-refractivity contribution < 1.29 is 14.3 Å². The van der Waals surface area contributed by atoms with E-state index < -0.39 is 0 Å². The summed E-state index contributed by atoms with van der Waals surface area (Å²) in [5, 5.41) is 0. The second kappa shape index (κ2) is 6.62. The van der Waals surface area contributed by atoms with Gasteiger partial charge in [0.25, 0.3) is 5.91 Å². The van der Waals surface area contributed by atoms with Crippen LogP contribution in [0.4, 0.5) is 0 Å². The Bertz CT molecular complexity index is 627. The summed E-state index contributed by atoms with van der Waals surface area (Å²) in [5.41, 5.74) is 0. The van der Waals surface area contributed by atoms with Crippen LogP contribution in [-0.2, 0) is 11.8 Å². The SMILES string of the molecule is Cn1ccnc1C(=O)N1CCOC(COc2ccccc2)C1. The van der Waals surface area contributed by atoms with Crippen LogP contribution in [0.5, 0.6) is 5.75 Å². The van der Waals surface area contributed by atoms with E-state index in [1.54, 1.807) is 21.9 Å². The van der Waals surface area contributed by atoms with E-state index in [1.165, 1.54) is 0 Å². The van der Waals surface area contributed by atoms with Gasteiger partial charge in [-0.3, -0.25) is 4.79 Å². The van der Waals surface area contributed by atoms with Crippen molar-refractivity contribution in [1.29, 1.82) is 0 Å². The van der Waals surface area contributed by atoms with E-state index in [-0.39, 0.29) is 12.0 Å². The second-order valence-corrected chi connectivity index (χ2v) is 5.23. The quantitative estimate of drug-likeness (QED) is 0.855. The first-order valence-electron chi connectivity index (χ1n) is 7.30. The van der Waals surface area contributed by atoms with Crippen molar-refractivity contribution in [3.8, 4) is 5.75 Å². The first-order valence-corrected chi connectivity index (χ1v) is 7.30. The molecule has 0 radical (unpaired) electrons. The fourth-order valence-electron chi connectivity index (χ4n) is 2.42. The number of rotatable bonds is 4. The Labute approximate surface area is 129 Å². The van der Waals surface area contributed by atoms with Crippen molar-refractivity contribution in [2.45, 2.75) is 6.10 Å². The van der Waals surface area contributed by atoms with Crippen molar-refractivity contribution >= 4 is 5.91 Å². The molecular formula is C16H19N3O3. The smallest absolute Gasteiger partial charge is 0.290 e. The molecule has 3 rings (SSSR count). The maximum atomic E-state index is 12.4. The number of para-hydroxylation sites is 1. The standard InChI is InChI=1S/C16H19N3O3/c1-18-8-7-17-15(18)16(20)19-9-10-21-14(11-19)12-22-13-5-3-2-4-6-13/h2-8,14H,9-12H2,1H3. The molecule has 1 atom stereocenters. The van der Waals surface area contributed by atoms with E-state index >= 15 is 0 Å². The minimum atomic E-state index is -0.127. The molecule has 2 aromatic rings. The Morgan fingerprint density at radius 2 is 2.23 bits per heavy atom. The predicted molar refractivity (Wildman–Crippen MR) is 80.8 cm³/mol. The number of aromatic nitrogens is 2. The molecule has 1 aliphatic rings. The third kappa shape index (κ3) is 3.28. The van der Waals surface area contributed by atoms with Crippen molar-refractivity contribution in [3.63, 3.8) is 0 Å². The van der Waals surface area contributed by atoms with Gasteiger partial charge in [-0.25, -0.2) is 4.98 Å². The molecule has 0 N–H and O–H groups in total. The van der Waals surface area contributed by atoms with E-state index in [4.69, 9.17) is 9.47 Å². The van der Waals surface area contributed by atoms with E-state index in [0.29, 0.717) is 32.1 Å². The van der Waals surface area contributed by atoms with Crippen LogP contribution in [-0.4, -0.2) is 52.8 Å². The number of morpholine rings is 1. The average Bonchev–Trinajstić information content (AvgIpc) is 2.99. The van der Waals surface area contributed by atoms with Crippen molar-refractivity contribution in [3.05, 3.63) is 48.5 Å². The first kappa shape index (κ1) is 14.6. The van der Waals surface area contributed by atoms with E-state index in [0.717, 1.165) is 5.75 Å². The lowest BCUT2D eigenvalue weighted by Crippen LogP contribution is -2.48. The summed E-state index contributed by atoms with van der Waals surface area (Å²) in [6.45, 7) is 2.03. The lowest BCUT2D eigenvalue weighted by molar-refractivity contribution is -0.0405. The Balaban J connectivity index is 1.57. The highest BCUT2D eigenvalue weighted by molar-refractivity contribution is 5.90. The first-order chi connectivity index (χ1) is 10.7. The minimum Gasteiger partial charge on any atom is -0.491 e. The Hall–Kier alpha value is -2.34. The van der Waals surface area contributed by atoms with Crippen molar-refractivity contribution in [2.24, 2.45) is 7.05 Å². The molecule has 6 heteroatoms. The third-order valence-corrected chi connectivity index (χ3v) is 3.62. The molecule has 2 heterocycles. The molecule has 1 amide bonds. The third-order valence-electron chi connectivity index (χ3n) is 3.62. The van der Waals surface area contributed by atoms with Gasteiger partial charge in [-0.1, -0.05) is 18.2 Å². The number of benzene rings is 1. The van der Waals surface area contributed by atoms with Crippen LogP contribution in [0.15, 0.2) is 42.7 Å². The largest absolute Gasteiger partial charge is 0.491 e. The highest BCUT2D eigenvalue weighted by Crippen LogP contribution is 2.13. The van der Waals surface area contributed by atoms with Crippen LogP contribution in [0.1, 0.15) is 10.6 Å². The van der Waals surface area contributed by atoms with E-state index in [1.807, 2.05) is 37.4 Å². The average molecular weight is 301 g/mol. The topological polar surface area (TPSA) is 56.6 Å². The molecule has 1 saturated heterocycles. The van der Waals surface area contributed by atoms with Crippen LogP contribution in [0.2, 0.25) is 0 Å². The Morgan fingerprint density at radius 1 is 1.41 bits per heavy atom. The number of ether oxygens (including phenoxy) is 2. The number of aryl methyl sites for hydroxylation is 1. The molecule has 22 heavy (non-hydrogen) atoms. The monoisotopic (exact) mass is 301 g/mol. The van der Waals surface area contributed by atoms with Gasteiger partial charge in [-0.2, -0.15) is 0 Å². The summed E-state index contributed by atoms with van der Waals surface area (Å²) in [5.74, 6) is 1.18. The van der Waals surface area contributed by atoms with Crippen molar-refractivity contribution in [2.75, 3.05) is 26.3 Å². The molecule has 6 nitrogen and oxygen atoms in total. The fraction of sp³-hybridized carbons (Fsp3) is 0.375. The van der Waals surface area contributed by atoms with Crippen LogP contribution in [0.25, 0.3) is 0 Å². The fourth-order valence-corrected chi connectivity index (χ4v) is 2.42. The predicted octanol–water partition coefficient (Wildman–Crippen LogP) is 1.34. The Kier molecular flexibility index (Phi) is 4.39. The van der Waals surface area contributed by atoms with Gasteiger partial charge in [0.15, 0.2) is 5.82 Å². The summed E-state index contributed by atoms with van der Waals surface area (Å²) in [6, 6.07) is 9.60. The number of carbonyl (C=O) groups excluding carboxylic acids is 1. The number of hydrogen-bond acceptors (Lipinski definition) is 4. The molecule has 1 aromatic carbocycles. The molecule has 1 aliphatic heterocycles. The van der Waals surface area contributed by atoms with Gasteiger partial charge >= 0.3 is 0 Å². The molecule has 116 valence electrons. The van der Waals surface area contributed by atoms with Crippen LogP contribution in [0, 0.1) is 0 Å². The van der Waals surface area contributed by atoms with Gasteiger partial charge < -0.3 is 18.9 Å². The summed E-state index contributed by atoms with van der Waals surface area (Å²) in [7, 11) is 1.82. The Morgan fingerprint density at radius 3 is 2.95 bits per heavy atom. The van der Waals surface area contributed by atoms with Gasteiger partial charge in [-0.05, 0) is 12.1 Å². The maximum absolute atomic E-state index is 12.4. The second-order valence-electron chi connectivity index (χ2n) is 5.23. The normalized spacial score (nSPS) is 18.2. The van der Waals surface area contributed by atoms with Crippen LogP contribution >= 0.6 is 0 Å². The van der Waals surface area contributed by atoms with Crippen molar-refractivity contribution in [1.82, 2.24) is 14.5 Å². The zero-order chi connectivity index (χ0) is 15.4. The summed E-state index contributed by atoms with van der Waals surface area (Å²) < 4.78 is 13.1. The summed E-state index contributed by atoms with van der Waals surface area (Å²) in [4.78, 5) is 18.3. The van der Waals surface area contributed by atoms with Crippen LogP contribution in [0.3, 0.4) is 0 Å². The minimum absolute atomic E-state index is 0.0690. The van der Waals surface area contributed by atoms with Gasteiger partial charge in [0.1, 0.15) is 18.5 Å². The summed E-state index contributed by atoms with van der Waals surface area (Å²) >= 11 is 0. The highest BCUT2D eigenvalue weighted by atomic mass is 16.5. The molecule has 0 bridgehead atoms. The molecule has 1 fully saturated rings. The molecule has 0 aliphatic carbocycles. The van der Waals surface area contributed by atoms with Crippen LogP contribution < -0.4 is 4.74 Å². The zero-order valence-corrected chi connectivity index (χ0v) is 12.5. The number of carbonyl (C=O) groups is 1.